The molecule has 7 fully saturated rings. The Morgan fingerprint density at radius 1 is 0.644 bits per heavy atom. The minimum absolute atomic E-state index is 0.0500. The number of ether oxygens (including phenoxy) is 9. The van der Waals surface area contributed by atoms with Gasteiger partial charge in [-0.25, -0.2) is 0 Å². The number of allylic oxidation sites excluding steroid dienone is 2. The van der Waals surface area contributed by atoms with Crippen molar-refractivity contribution in [3.8, 4) is 0 Å². The van der Waals surface area contributed by atoms with Crippen LogP contribution in [0.3, 0.4) is 0 Å². The molecular weight excluding hydrogens is 965 g/mol. The van der Waals surface area contributed by atoms with Gasteiger partial charge in [0.05, 0.1) is 44.4 Å². The van der Waals surface area contributed by atoms with Crippen LogP contribution < -0.4 is 0 Å². The molecule has 5 aliphatic heterocycles. The van der Waals surface area contributed by atoms with Gasteiger partial charge in [0.15, 0.2) is 25.2 Å². The molecule has 4 saturated heterocycles. The molecule has 5 heterocycles. The SMILES string of the molecule is CC1=C(CC[C@@H](C)CO[C@@H]2O[C@H](CO)[C@@H](O)[C@H](O)[C@H]2O)O[C@H]2C[C@H]3[C@@H]4CC=C5C[C@@H](O[C@@H]6O[C@H](CO)[C@H](O)[C@H](O[C@@H]7O[C@H](CO)[C@@H](O)[C@H](O)[C@H]7O)[C@H]6O[C@@H]6O[C@@H](C)[C@H](O)[C@@H](O)[C@H]6O)CC[C@]5(C)[C@H]4CC[C@]3(C)[C@@H]12. The molecule has 0 radical (unpaired) electrons. The Balaban J connectivity index is 0.867. The number of hydrogen-bond acceptors (Lipinski definition) is 22. The Bertz CT molecular complexity index is 1940. The maximum Gasteiger partial charge on any atom is 0.187 e. The first-order valence-electron chi connectivity index (χ1n) is 26.5. The monoisotopic (exact) mass is 1050 g/mol. The third-order valence-corrected chi connectivity index (χ3v) is 18.9. The summed E-state index contributed by atoms with van der Waals surface area (Å²) < 4.78 is 55.0. The zero-order valence-electron chi connectivity index (χ0n) is 42.3. The lowest BCUT2D eigenvalue weighted by atomic mass is 9.47. The van der Waals surface area contributed by atoms with E-state index in [2.05, 4.69) is 26.8 Å². The van der Waals surface area contributed by atoms with Crippen LogP contribution in [0.1, 0.15) is 92.4 Å². The molecule has 73 heavy (non-hydrogen) atoms. The number of aliphatic hydroxyl groups excluding tert-OH is 13. The molecule has 0 spiro atoms. The minimum Gasteiger partial charge on any atom is -0.494 e. The number of aliphatic hydroxyl groups is 13. The summed E-state index contributed by atoms with van der Waals surface area (Å²) in [6, 6.07) is 0. The van der Waals surface area contributed by atoms with Crippen molar-refractivity contribution >= 4 is 0 Å². The van der Waals surface area contributed by atoms with Crippen molar-refractivity contribution in [3.63, 3.8) is 0 Å². The maximum absolute atomic E-state index is 11.6. The quantitative estimate of drug-likeness (QED) is 0.0785. The Labute approximate surface area is 425 Å². The zero-order chi connectivity index (χ0) is 52.6. The normalized spacial score (nSPS) is 52.4. The molecule has 29 atom stereocenters. The summed E-state index contributed by atoms with van der Waals surface area (Å²) in [4.78, 5) is 0. The molecule has 0 amide bonds. The van der Waals surface area contributed by atoms with Crippen LogP contribution >= 0.6 is 0 Å². The molecule has 0 unspecified atom stereocenters. The molecule has 13 N–H and O–H groups in total. The van der Waals surface area contributed by atoms with Gasteiger partial charge in [-0.2, -0.15) is 0 Å². The molecule has 0 aromatic rings. The van der Waals surface area contributed by atoms with E-state index >= 15 is 0 Å². The summed E-state index contributed by atoms with van der Waals surface area (Å²) in [5.41, 5.74) is 2.50. The van der Waals surface area contributed by atoms with Gasteiger partial charge in [0, 0.05) is 12.3 Å². The zero-order valence-corrected chi connectivity index (χ0v) is 42.3. The molecular formula is C51H82O22. The standard InChI is InChI=1S/C51H82O22/c1-20(19-65-46-41(62)39(60)35(56)30(16-52)69-46)6-9-28-21(2)33-29(68-28)15-27-25-8-7-23-14-24(10-12-50(23,4)26(25)11-13-51(27,33)5)67-49-45(73-47-42(63)38(59)34(55)22(3)66-47)44(37(58)32(18-54)71-49)72-48-43(64)40(61)36(57)31(17-53)70-48/h7,20,22,24-27,29-49,52-64H,6,8-19H2,1-5H3/t20-,22+,24+,25-,26+,27+,29+,30-,31-,32-,33+,34+,35-,36-,37+,38-,39+,40+,41-,42-,43-,44+,45-,46-,47+,48+,49-,50+,51+/m1/s1. The summed E-state index contributed by atoms with van der Waals surface area (Å²) in [6.45, 7) is 8.79. The van der Waals surface area contributed by atoms with Gasteiger partial charge in [0.2, 0.25) is 0 Å². The first kappa shape index (κ1) is 56.2. The minimum atomic E-state index is -1.87. The molecule has 9 aliphatic rings. The average molecular weight is 1050 g/mol. The van der Waals surface area contributed by atoms with Crippen LogP contribution in [0.15, 0.2) is 23.0 Å². The van der Waals surface area contributed by atoms with Crippen molar-refractivity contribution in [3.05, 3.63) is 23.0 Å². The summed E-state index contributed by atoms with van der Waals surface area (Å²) in [5, 5.41) is 136. The Hall–Kier alpha value is -1.56. The van der Waals surface area contributed by atoms with Crippen molar-refractivity contribution in [2.24, 2.45) is 40.4 Å². The predicted molar refractivity (Wildman–Crippen MR) is 249 cm³/mol. The highest BCUT2D eigenvalue weighted by atomic mass is 16.8. The van der Waals surface area contributed by atoms with Crippen molar-refractivity contribution in [2.45, 2.75) is 227 Å². The first-order valence-corrected chi connectivity index (χ1v) is 26.5. The van der Waals surface area contributed by atoms with E-state index in [9.17, 15) is 66.4 Å². The molecule has 0 aromatic heterocycles. The second-order valence-electron chi connectivity index (χ2n) is 23.3. The summed E-state index contributed by atoms with van der Waals surface area (Å²) in [7, 11) is 0. The Morgan fingerprint density at radius 2 is 1.22 bits per heavy atom. The van der Waals surface area contributed by atoms with Crippen LogP contribution in [0.4, 0.5) is 0 Å². The molecule has 418 valence electrons. The highest BCUT2D eigenvalue weighted by Gasteiger charge is 2.64. The molecule has 22 heteroatoms. The van der Waals surface area contributed by atoms with Crippen LogP contribution in [0.2, 0.25) is 0 Å². The third-order valence-electron chi connectivity index (χ3n) is 18.9. The van der Waals surface area contributed by atoms with Crippen LogP contribution in [0, 0.1) is 40.4 Å². The van der Waals surface area contributed by atoms with E-state index in [1.807, 2.05) is 6.92 Å². The van der Waals surface area contributed by atoms with Gasteiger partial charge in [-0.1, -0.05) is 32.4 Å². The highest BCUT2D eigenvalue weighted by Crippen LogP contribution is 2.69. The Morgan fingerprint density at radius 3 is 1.88 bits per heavy atom. The van der Waals surface area contributed by atoms with Crippen LogP contribution in [-0.4, -0.2) is 228 Å². The van der Waals surface area contributed by atoms with Gasteiger partial charge < -0.3 is 109 Å². The predicted octanol–water partition coefficient (Wildman–Crippen LogP) is -2.06. The lowest BCUT2D eigenvalue weighted by Gasteiger charge is -2.58. The highest BCUT2D eigenvalue weighted by molar-refractivity contribution is 5.30. The van der Waals surface area contributed by atoms with Gasteiger partial charge in [0.25, 0.3) is 0 Å². The van der Waals surface area contributed by atoms with Gasteiger partial charge >= 0.3 is 0 Å². The first-order chi connectivity index (χ1) is 34.6. The van der Waals surface area contributed by atoms with E-state index in [0.29, 0.717) is 36.5 Å². The fourth-order valence-corrected chi connectivity index (χ4v) is 14.5. The van der Waals surface area contributed by atoms with E-state index in [1.165, 1.54) is 18.1 Å². The lowest BCUT2D eigenvalue weighted by Crippen LogP contribution is -2.67. The number of rotatable bonds is 15. The molecule has 4 aliphatic carbocycles. The van der Waals surface area contributed by atoms with Crippen LogP contribution in [0.5, 0.6) is 0 Å². The number of hydrogen-bond donors (Lipinski definition) is 13. The average Bonchev–Trinajstić information content (AvgIpc) is 3.86. The van der Waals surface area contributed by atoms with E-state index < -0.39 is 149 Å². The van der Waals surface area contributed by atoms with E-state index in [4.69, 9.17) is 42.6 Å². The molecule has 9 rings (SSSR count). The molecule has 0 bridgehead atoms. The van der Waals surface area contributed by atoms with E-state index in [-0.39, 0.29) is 29.5 Å². The van der Waals surface area contributed by atoms with Gasteiger partial charge in [0.1, 0.15) is 97.7 Å². The summed E-state index contributed by atoms with van der Waals surface area (Å²) >= 11 is 0. The van der Waals surface area contributed by atoms with Crippen molar-refractivity contribution < 1.29 is 109 Å². The van der Waals surface area contributed by atoms with Crippen molar-refractivity contribution in [1.82, 2.24) is 0 Å². The molecule has 3 saturated carbocycles. The van der Waals surface area contributed by atoms with Crippen molar-refractivity contribution in [2.75, 3.05) is 26.4 Å². The largest absolute Gasteiger partial charge is 0.494 e. The fraction of sp³-hybridized carbons (Fsp3) is 0.922. The molecule has 0 aromatic carbocycles. The van der Waals surface area contributed by atoms with E-state index in [1.54, 1.807) is 0 Å². The van der Waals surface area contributed by atoms with Gasteiger partial charge in [-0.05, 0) is 105 Å². The molecule has 22 nitrogen and oxygen atoms in total. The third kappa shape index (κ3) is 10.2. The summed E-state index contributed by atoms with van der Waals surface area (Å²) in [6.07, 6.45) is -20.8. The van der Waals surface area contributed by atoms with E-state index in [0.717, 1.165) is 50.7 Å². The van der Waals surface area contributed by atoms with Crippen molar-refractivity contribution in [1.29, 1.82) is 0 Å². The fourth-order valence-electron chi connectivity index (χ4n) is 14.5. The maximum atomic E-state index is 11.6. The van der Waals surface area contributed by atoms with Crippen LogP contribution in [-0.2, 0) is 42.6 Å². The second-order valence-corrected chi connectivity index (χ2v) is 23.3. The number of fused-ring (bicyclic) bond motifs is 7. The lowest BCUT2D eigenvalue weighted by molar-refractivity contribution is -0.394. The van der Waals surface area contributed by atoms with Gasteiger partial charge in [-0.3, -0.25) is 0 Å². The van der Waals surface area contributed by atoms with Crippen LogP contribution in [0.25, 0.3) is 0 Å². The Kier molecular flexibility index (Phi) is 17.2. The van der Waals surface area contributed by atoms with Gasteiger partial charge in [-0.15, -0.1) is 0 Å². The second kappa shape index (κ2) is 22.3. The smallest absolute Gasteiger partial charge is 0.187 e. The topological polar surface area (TPSA) is 346 Å². The summed E-state index contributed by atoms with van der Waals surface area (Å²) in [5.74, 6) is 2.70.